The molecule has 1 saturated heterocycles. The zero-order valence-corrected chi connectivity index (χ0v) is 9.46. The number of hydrogen-bond donors (Lipinski definition) is 0. The van der Waals surface area contributed by atoms with Gasteiger partial charge in [0.05, 0.1) is 6.20 Å². The second-order valence-corrected chi connectivity index (χ2v) is 5.62. The Bertz CT molecular complexity index is 432. The van der Waals surface area contributed by atoms with Crippen LogP contribution in [0.5, 0.6) is 0 Å². The fourth-order valence-electron chi connectivity index (χ4n) is 1.78. The second-order valence-electron chi connectivity index (χ2n) is 3.71. The van der Waals surface area contributed by atoms with Crippen molar-refractivity contribution in [2.45, 2.75) is 31.1 Å². The first-order chi connectivity index (χ1) is 7.12. The summed E-state index contributed by atoms with van der Waals surface area (Å²) in [5.74, 6) is 0.362. The van der Waals surface area contributed by atoms with Gasteiger partial charge in [-0.15, -0.1) is 0 Å². The second kappa shape index (κ2) is 3.94. The SMILES string of the molecule is Cc1oncc1S(=O)(=O)N1CCCCC1. The van der Waals surface area contributed by atoms with Crippen LogP contribution in [0.1, 0.15) is 25.0 Å². The van der Waals surface area contributed by atoms with E-state index in [4.69, 9.17) is 4.52 Å². The molecule has 6 heteroatoms. The molecule has 0 N–H and O–H groups in total. The monoisotopic (exact) mass is 230 g/mol. The van der Waals surface area contributed by atoms with Crippen LogP contribution in [0.3, 0.4) is 0 Å². The highest BCUT2D eigenvalue weighted by Crippen LogP contribution is 2.22. The molecular formula is C9H14N2O3S. The highest BCUT2D eigenvalue weighted by Gasteiger charge is 2.29. The Morgan fingerprint density at radius 2 is 2.00 bits per heavy atom. The van der Waals surface area contributed by atoms with E-state index in [-0.39, 0.29) is 4.90 Å². The van der Waals surface area contributed by atoms with Gasteiger partial charge in [-0.2, -0.15) is 4.31 Å². The Morgan fingerprint density at radius 3 is 2.53 bits per heavy atom. The van der Waals surface area contributed by atoms with Crippen molar-refractivity contribution in [2.24, 2.45) is 0 Å². The molecule has 1 fully saturated rings. The molecule has 0 radical (unpaired) electrons. The fraction of sp³-hybridized carbons (Fsp3) is 0.667. The minimum absolute atomic E-state index is 0.199. The number of nitrogens with zero attached hydrogens (tertiary/aromatic N) is 2. The summed E-state index contributed by atoms with van der Waals surface area (Å²) >= 11 is 0. The minimum atomic E-state index is -3.37. The standard InChI is InChI=1S/C9H14N2O3S/c1-8-9(7-10-14-8)15(12,13)11-5-3-2-4-6-11/h7H,2-6H2,1H3. The van der Waals surface area contributed by atoms with Crippen LogP contribution in [0.15, 0.2) is 15.6 Å². The molecule has 1 aliphatic heterocycles. The lowest BCUT2D eigenvalue weighted by Gasteiger charge is -2.25. The maximum absolute atomic E-state index is 12.1. The Hall–Kier alpha value is -0.880. The molecule has 0 unspecified atom stereocenters. The molecule has 2 rings (SSSR count). The van der Waals surface area contributed by atoms with E-state index in [1.54, 1.807) is 6.92 Å². The molecule has 1 aromatic rings. The lowest BCUT2D eigenvalue weighted by atomic mass is 10.2. The van der Waals surface area contributed by atoms with Gasteiger partial charge in [-0.05, 0) is 19.8 Å². The van der Waals surface area contributed by atoms with Crippen molar-refractivity contribution in [2.75, 3.05) is 13.1 Å². The summed E-state index contributed by atoms with van der Waals surface area (Å²) in [6.45, 7) is 2.82. The third kappa shape index (κ3) is 1.91. The van der Waals surface area contributed by atoms with Gasteiger partial charge in [0, 0.05) is 13.1 Å². The van der Waals surface area contributed by atoms with Crippen LogP contribution >= 0.6 is 0 Å². The number of rotatable bonds is 2. The highest BCUT2D eigenvalue weighted by molar-refractivity contribution is 7.89. The van der Waals surface area contributed by atoms with Crippen molar-refractivity contribution in [3.8, 4) is 0 Å². The van der Waals surface area contributed by atoms with Gasteiger partial charge in [0.15, 0.2) is 5.76 Å². The van der Waals surface area contributed by atoms with E-state index in [2.05, 4.69) is 5.16 Å². The molecule has 0 bridgehead atoms. The number of sulfonamides is 1. The molecule has 0 amide bonds. The minimum Gasteiger partial charge on any atom is -0.360 e. The molecule has 0 saturated carbocycles. The van der Waals surface area contributed by atoms with Crippen LogP contribution in [0.25, 0.3) is 0 Å². The van der Waals surface area contributed by atoms with Crippen LogP contribution < -0.4 is 0 Å². The van der Waals surface area contributed by atoms with Crippen LogP contribution in [-0.2, 0) is 10.0 Å². The van der Waals surface area contributed by atoms with Crippen molar-refractivity contribution in [1.82, 2.24) is 9.46 Å². The summed E-state index contributed by atoms with van der Waals surface area (Å²) < 4.78 is 30.5. The third-order valence-electron chi connectivity index (χ3n) is 2.64. The predicted molar refractivity (Wildman–Crippen MR) is 53.8 cm³/mol. The quantitative estimate of drug-likeness (QED) is 0.764. The Labute approximate surface area is 89.1 Å². The smallest absolute Gasteiger partial charge is 0.248 e. The van der Waals surface area contributed by atoms with E-state index < -0.39 is 10.0 Å². The van der Waals surface area contributed by atoms with Crippen molar-refractivity contribution in [1.29, 1.82) is 0 Å². The predicted octanol–water partition coefficient (Wildman–Crippen LogP) is 1.16. The molecular weight excluding hydrogens is 216 g/mol. The molecule has 0 spiro atoms. The molecule has 0 atom stereocenters. The Balaban J connectivity index is 2.30. The molecule has 0 aliphatic carbocycles. The molecule has 84 valence electrons. The maximum atomic E-state index is 12.1. The van der Waals surface area contributed by atoms with Crippen molar-refractivity contribution < 1.29 is 12.9 Å². The number of aryl methyl sites for hydroxylation is 1. The average molecular weight is 230 g/mol. The molecule has 0 aromatic carbocycles. The highest BCUT2D eigenvalue weighted by atomic mass is 32.2. The lowest BCUT2D eigenvalue weighted by molar-refractivity contribution is 0.345. The topological polar surface area (TPSA) is 63.4 Å². The van der Waals surface area contributed by atoms with Crippen molar-refractivity contribution in [3.63, 3.8) is 0 Å². The summed E-state index contributed by atoms with van der Waals surface area (Å²) in [7, 11) is -3.37. The molecule has 5 nitrogen and oxygen atoms in total. The summed E-state index contributed by atoms with van der Waals surface area (Å²) in [4.78, 5) is 0.199. The molecule has 1 aliphatic rings. The number of hydrogen-bond acceptors (Lipinski definition) is 4. The zero-order chi connectivity index (χ0) is 10.9. The largest absolute Gasteiger partial charge is 0.360 e. The summed E-state index contributed by atoms with van der Waals surface area (Å²) in [6, 6.07) is 0. The fourth-order valence-corrected chi connectivity index (χ4v) is 3.38. The third-order valence-corrected chi connectivity index (χ3v) is 4.63. The summed E-state index contributed by atoms with van der Waals surface area (Å²) in [5.41, 5.74) is 0. The average Bonchev–Trinajstić information content (AvgIpc) is 2.66. The maximum Gasteiger partial charge on any atom is 0.248 e. The Morgan fingerprint density at radius 1 is 1.33 bits per heavy atom. The number of piperidine rings is 1. The molecule has 15 heavy (non-hydrogen) atoms. The normalized spacial score (nSPS) is 19.3. The van der Waals surface area contributed by atoms with Crippen LogP contribution in [0.2, 0.25) is 0 Å². The first-order valence-corrected chi connectivity index (χ1v) is 6.48. The van der Waals surface area contributed by atoms with E-state index in [0.717, 1.165) is 19.3 Å². The zero-order valence-electron chi connectivity index (χ0n) is 8.64. The van der Waals surface area contributed by atoms with Gasteiger partial charge in [0.2, 0.25) is 10.0 Å². The first kappa shape index (κ1) is 10.6. The van der Waals surface area contributed by atoms with Gasteiger partial charge in [-0.25, -0.2) is 8.42 Å². The molecule has 1 aromatic heterocycles. The van der Waals surface area contributed by atoms with Gasteiger partial charge < -0.3 is 4.52 Å². The van der Waals surface area contributed by atoms with Crippen LogP contribution in [0.4, 0.5) is 0 Å². The van der Waals surface area contributed by atoms with E-state index in [1.165, 1.54) is 10.5 Å². The Kier molecular flexibility index (Phi) is 2.79. The van der Waals surface area contributed by atoms with Gasteiger partial charge >= 0.3 is 0 Å². The van der Waals surface area contributed by atoms with Crippen molar-refractivity contribution in [3.05, 3.63) is 12.0 Å². The van der Waals surface area contributed by atoms with Crippen LogP contribution in [-0.4, -0.2) is 31.0 Å². The van der Waals surface area contributed by atoms with Gasteiger partial charge in [0.25, 0.3) is 0 Å². The van der Waals surface area contributed by atoms with Crippen molar-refractivity contribution >= 4 is 10.0 Å². The number of aromatic nitrogens is 1. The van der Waals surface area contributed by atoms with E-state index in [0.29, 0.717) is 18.8 Å². The summed E-state index contributed by atoms with van der Waals surface area (Å²) in [5, 5.41) is 3.50. The lowest BCUT2D eigenvalue weighted by Crippen LogP contribution is -2.35. The van der Waals surface area contributed by atoms with E-state index >= 15 is 0 Å². The van der Waals surface area contributed by atoms with E-state index in [1.807, 2.05) is 0 Å². The molecule has 2 heterocycles. The van der Waals surface area contributed by atoms with Gasteiger partial charge in [0.1, 0.15) is 4.90 Å². The van der Waals surface area contributed by atoms with Gasteiger partial charge in [-0.3, -0.25) is 0 Å². The van der Waals surface area contributed by atoms with E-state index in [9.17, 15) is 8.42 Å². The summed E-state index contributed by atoms with van der Waals surface area (Å²) in [6.07, 6.45) is 4.25. The van der Waals surface area contributed by atoms with Crippen LogP contribution in [0, 0.1) is 6.92 Å². The van der Waals surface area contributed by atoms with Gasteiger partial charge in [-0.1, -0.05) is 11.6 Å². The first-order valence-electron chi connectivity index (χ1n) is 5.04.